The zero-order valence-corrected chi connectivity index (χ0v) is 15.6. The van der Waals surface area contributed by atoms with Gasteiger partial charge in [0.1, 0.15) is 11.6 Å². The van der Waals surface area contributed by atoms with Gasteiger partial charge in [-0.1, -0.05) is 19.1 Å². The number of hydrogen-bond donors (Lipinski definition) is 1. The van der Waals surface area contributed by atoms with E-state index in [0.717, 1.165) is 11.9 Å². The molecule has 3 aromatic rings. The number of amides is 2. The van der Waals surface area contributed by atoms with E-state index in [9.17, 15) is 14.0 Å². The first kappa shape index (κ1) is 18.0. The number of hydrogen-bond acceptors (Lipinski definition) is 3. The summed E-state index contributed by atoms with van der Waals surface area (Å²) in [5, 5.41) is 2.95. The average Bonchev–Trinajstić information content (AvgIpc) is 3.15. The third-order valence-corrected chi connectivity index (χ3v) is 4.75. The Bertz CT molecular complexity index is 1140. The van der Waals surface area contributed by atoms with Gasteiger partial charge >= 0.3 is 0 Å². The fraction of sp³-hybridized carbons (Fsp3) is 0.182. The number of ether oxygens (including phenoxy) is 1. The van der Waals surface area contributed by atoms with E-state index in [-0.39, 0.29) is 11.1 Å². The highest BCUT2D eigenvalue weighted by Crippen LogP contribution is 2.36. The van der Waals surface area contributed by atoms with E-state index in [1.165, 1.54) is 12.1 Å². The first-order chi connectivity index (χ1) is 13.5. The zero-order chi connectivity index (χ0) is 19.8. The van der Waals surface area contributed by atoms with Crippen molar-refractivity contribution in [2.24, 2.45) is 7.05 Å². The maximum Gasteiger partial charge on any atom is 0.259 e. The fourth-order valence-corrected chi connectivity index (χ4v) is 3.51. The highest BCUT2D eigenvalue weighted by Gasteiger charge is 2.34. The molecule has 0 saturated carbocycles. The summed E-state index contributed by atoms with van der Waals surface area (Å²) in [5.41, 5.74) is 2.39. The van der Waals surface area contributed by atoms with Crippen molar-refractivity contribution in [1.29, 1.82) is 0 Å². The average molecular weight is 378 g/mol. The summed E-state index contributed by atoms with van der Waals surface area (Å²) in [6, 6.07) is 11.5. The number of aromatic nitrogens is 1. The maximum atomic E-state index is 13.9. The van der Waals surface area contributed by atoms with Crippen molar-refractivity contribution in [3.8, 4) is 5.75 Å². The van der Waals surface area contributed by atoms with Crippen LogP contribution in [0.2, 0.25) is 0 Å². The van der Waals surface area contributed by atoms with Gasteiger partial charge in [0.15, 0.2) is 0 Å². The molecule has 0 spiro atoms. The molecule has 0 unspecified atom stereocenters. The number of carbonyl (C=O) groups is 2. The third kappa shape index (κ3) is 2.97. The van der Waals surface area contributed by atoms with Crippen LogP contribution in [-0.2, 0) is 16.6 Å². The molecule has 0 fully saturated rings. The van der Waals surface area contributed by atoms with E-state index < -0.39 is 17.6 Å². The predicted octanol–water partition coefficient (Wildman–Crippen LogP) is 3.67. The molecule has 0 aliphatic carbocycles. The molecule has 0 bridgehead atoms. The minimum Gasteiger partial charge on any atom is -0.494 e. The third-order valence-electron chi connectivity index (χ3n) is 4.75. The molecule has 28 heavy (non-hydrogen) atoms. The SMILES string of the molecule is CCCOc1cccc(C2=C(c3cn(C)c4ccc(F)cc34)C(=O)NC2=O)c1. The number of imide groups is 1. The number of aryl methyl sites for hydroxylation is 1. The van der Waals surface area contributed by atoms with Crippen LogP contribution in [-0.4, -0.2) is 23.0 Å². The lowest BCUT2D eigenvalue weighted by Crippen LogP contribution is -2.22. The smallest absolute Gasteiger partial charge is 0.259 e. The summed E-state index contributed by atoms with van der Waals surface area (Å²) >= 11 is 0. The normalized spacial score (nSPS) is 14.1. The summed E-state index contributed by atoms with van der Waals surface area (Å²) in [7, 11) is 1.82. The van der Waals surface area contributed by atoms with Gasteiger partial charge in [-0.3, -0.25) is 14.9 Å². The van der Waals surface area contributed by atoms with Crippen LogP contribution in [0.15, 0.2) is 48.7 Å². The van der Waals surface area contributed by atoms with Crippen LogP contribution >= 0.6 is 0 Å². The van der Waals surface area contributed by atoms with Gasteiger partial charge < -0.3 is 9.30 Å². The number of carbonyl (C=O) groups excluding carboxylic acids is 2. The van der Waals surface area contributed by atoms with Crippen molar-refractivity contribution in [3.63, 3.8) is 0 Å². The Morgan fingerprint density at radius 3 is 2.64 bits per heavy atom. The van der Waals surface area contributed by atoms with Crippen LogP contribution in [0, 0.1) is 5.82 Å². The maximum absolute atomic E-state index is 13.9. The standard InChI is InChI=1S/C22H19FN2O3/c1-3-9-28-15-6-4-5-13(10-15)19-20(22(27)24-21(19)26)17-12-25(2)18-8-7-14(23)11-16(17)18/h4-8,10-12H,3,9H2,1-2H3,(H,24,26,27). The second kappa shape index (κ2) is 6.96. The number of nitrogens with one attached hydrogen (secondary N) is 1. The topological polar surface area (TPSA) is 60.3 Å². The molecule has 2 heterocycles. The molecule has 6 heteroatoms. The Morgan fingerprint density at radius 2 is 1.86 bits per heavy atom. The van der Waals surface area contributed by atoms with Gasteiger partial charge in [-0.05, 0) is 42.3 Å². The highest BCUT2D eigenvalue weighted by atomic mass is 19.1. The van der Waals surface area contributed by atoms with Gasteiger partial charge in [-0.15, -0.1) is 0 Å². The first-order valence-corrected chi connectivity index (χ1v) is 9.07. The van der Waals surface area contributed by atoms with Gasteiger partial charge in [-0.25, -0.2) is 4.39 Å². The van der Waals surface area contributed by atoms with Crippen molar-refractivity contribution in [2.75, 3.05) is 6.61 Å². The summed E-state index contributed by atoms with van der Waals surface area (Å²) in [6.45, 7) is 2.57. The lowest BCUT2D eigenvalue weighted by Gasteiger charge is -2.08. The fourth-order valence-electron chi connectivity index (χ4n) is 3.51. The van der Waals surface area contributed by atoms with Crippen LogP contribution in [0.3, 0.4) is 0 Å². The molecule has 0 saturated heterocycles. The largest absolute Gasteiger partial charge is 0.494 e. The Balaban J connectivity index is 1.93. The Labute approximate surface area is 161 Å². The van der Waals surface area contributed by atoms with Crippen LogP contribution in [0.4, 0.5) is 4.39 Å². The minimum atomic E-state index is -0.489. The van der Waals surface area contributed by atoms with Crippen LogP contribution < -0.4 is 10.1 Å². The molecular weight excluding hydrogens is 359 g/mol. The predicted molar refractivity (Wildman–Crippen MR) is 105 cm³/mol. The number of halogens is 1. The van der Waals surface area contributed by atoms with Crippen LogP contribution in [0.1, 0.15) is 24.5 Å². The summed E-state index contributed by atoms with van der Waals surface area (Å²) in [5.74, 6) is -0.734. The van der Waals surface area contributed by atoms with Crippen LogP contribution in [0.25, 0.3) is 22.0 Å². The lowest BCUT2D eigenvalue weighted by atomic mass is 9.96. The van der Waals surface area contributed by atoms with Crippen molar-refractivity contribution >= 4 is 33.9 Å². The van der Waals surface area contributed by atoms with E-state index in [2.05, 4.69) is 5.32 Å². The molecule has 1 aromatic heterocycles. The number of nitrogens with zero attached hydrogens (tertiary/aromatic N) is 1. The van der Waals surface area contributed by atoms with Crippen molar-refractivity contribution in [1.82, 2.24) is 9.88 Å². The monoisotopic (exact) mass is 378 g/mol. The molecule has 142 valence electrons. The summed E-state index contributed by atoms with van der Waals surface area (Å²) < 4.78 is 21.3. The molecule has 2 aromatic carbocycles. The highest BCUT2D eigenvalue weighted by molar-refractivity contribution is 6.50. The molecule has 2 amide bonds. The van der Waals surface area contributed by atoms with Crippen molar-refractivity contribution in [2.45, 2.75) is 13.3 Å². The van der Waals surface area contributed by atoms with Gasteiger partial charge in [-0.2, -0.15) is 0 Å². The first-order valence-electron chi connectivity index (χ1n) is 9.07. The van der Waals surface area contributed by atoms with E-state index >= 15 is 0 Å². The number of benzene rings is 2. The quantitative estimate of drug-likeness (QED) is 0.689. The molecule has 0 atom stereocenters. The molecule has 1 aliphatic heterocycles. The molecule has 5 nitrogen and oxygen atoms in total. The second-order valence-electron chi connectivity index (χ2n) is 6.72. The Hall–Kier alpha value is -3.41. The number of rotatable bonds is 5. The van der Waals surface area contributed by atoms with Crippen molar-refractivity contribution < 1.29 is 18.7 Å². The minimum absolute atomic E-state index is 0.244. The molecule has 1 aliphatic rings. The van der Waals surface area contributed by atoms with E-state index in [1.54, 1.807) is 36.5 Å². The van der Waals surface area contributed by atoms with Gasteiger partial charge in [0.05, 0.1) is 17.8 Å². The second-order valence-corrected chi connectivity index (χ2v) is 6.72. The van der Waals surface area contributed by atoms with Crippen LogP contribution in [0.5, 0.6) is 5.75 Å². The van der Waals surface area contributed by atoms with Crippen molar-refractivity contribution in [3.05, 3.63) is 65.6 Å². The summed E-state index contributed by atoms with van der Waals surface area (Å²) in [4.78, 5) is 25.2. The Kier molecular flexibility index (Phi) is 4.47. The number of fused-ring (bicyclic) bond motifs is 1. The zero-order valence-electron chi connectivity index (χ0n) is 15.6. The van der Waals surface area contributed by atoms with Gasteiger partial charge in [0.25, 0.3) is 11.8 Å². The lowest BCUT2D eigenvalue weighted by molar-refractivity contribution is -0.122. The van der Waals surface area contributed by atoms with Gasteiger partial charge in [0, 0.05) is 29.7 Å². The molecule has 4 rings (SSSR count). The van der Waals surface area contributed by atoms with E-state index in [0.29, 0.717) is 28.9 Å². The summed E-state index contributed by atoms with van der Waals surface area (Å²) in [6.07, 6.45) is 2.60. The molecule has 1 N–H and O–H groups in total. The molecule has 0 radical (unpaired) electrons. The van der Waals surface area contributed by atoms with E-state index in [1.807, 2.05) is 18.5 Å². The molecular formula is C22H19FN2O3. The Morgan fingerprint density at radius 1 is 1.07 bits per heavy atom. The van der Waals surface area contributed by atoms with Gasteiger partial charge in [0.2, 0.25) is 0 Å². The van der Waals surface area contributed by atoms with E-state index in [4.69, 9.17) is 4.74 Å².